The summed E-state index contributed by atoms with van der Waals surface area (Å²) < 4.78 is 25.6. The third-order valence-corrected chi connectivity index (χ3v) is 4.17. The van der Waals surface area contributed by atoms with Gasteiger partial charge in [0.1, 0.15) is 11.3 Å². The summed E-state index contributed by atoms with van der Waals surface area (Å²) in [5, 5.41) is 9.10. The van der Waals surface area contributed by atoms with Crippen LogP contribution in [-0.4, -0.2) is 40.4 Å². The van der Waals surface area contributed by atoms with Crippen LogP contribution in [0.15, 0.2) is 41.0 Å². The molecule has 0 bridgehead atoms. The Morgan fingerprint density at radius 2 is 1.68 bits per heavy atom. The van der Waals surface area contributed by atoms with Gasteiger partial charge in [-0.3, -0.25) is 0 Å². The molecule has 0 saturated carbocycles. The molecular formula is C19H20N2O7. The highest BCUT2D eigenvalue weighted by atomic mass is 16.5. The number of nitriles is 1. The molecule has 28 heavy (non-hydrogen) atoms. The summed E-state index contributed by atoms with van der Waals surface area (Å²) in [6.07, 6.45) is -0.247. The quantitative estimate of drug-likeness (QED) is 0.720. The van der Waals surface area contributed by atoms with Gasteiger partial charge in [-0.1, -0.05) is 6.07 Å². The highest BCUT2D eigenvalue weighted by Crippen LogP contribution is 2.43. The van der Waals surface area contributed by atoms with Crippen molar-refractivity contribution in [2.45, 2.75) is 12.3 Å². The lowest BCUT2D eigenvalue weighted by Crippen LogP contribution is -2.30. The fourth-order valence-corrected chi connectivity index (χ4v) is 2.93. The second-order valence-corrected chi connectivity index (χ2v) is 5.58. The van der Waals surface area contributed by atoms with Gasteiger partial charge in [-0.05, 0) is 17.7 Å². The molecule has 0 saturated heterocycles. The van der Waals surface area contributed by atoms with Crippen LogP contribution in [-0.2, 0) is 23.8 Å². The summed E-state index contributed by atoms with van der Waals surface area (Å²) in [6.45, 7) is 0. The van der Waals surface area contributed by atoms with E-state index in [9.17, 15) is 9.59 Å². The Bertz CT molecular complexity index is 896. The zero-order valence-corrected chi connectivity index (χ0v) is 15.9. The fraction of sp³-hybridized carbons (Fsp3) is 0.316. The van der Waals surface area contributed by atoms with Crippen LogP contribution in [0.25, 0.3) is 0 Å². The van der Waals surface area contributed by atoms with Crippen molar-refractivity contribution in [3.63, 3.8) is 0 Å². The first-order chi connectivity index (χ1) is 13.4. The lowest BCUT2D eigenvalue weighted by molar-refractivity contribution is -0.137. The molecule has 0 aromatic heterocycles. The number of carbonyl (C=O) groups excluding carboxylic acids is 2. The van der Waals surface area contributed by atoms with E-state index >= 15 is 0 Å². The summed E-state index contributed by atoms with van der Waals surface area (Å²) in [7, 11) is 5.30. The maximum Gasteiger partial charge on any atom is 0.340 e. The second-order valence-electron chi connectivity index (χ2n) is 5.58. The zero-order valence-electron chi connectivity index (χ0n) is 15.9. The normalized spacial score (nSPS) is 16.0. The first kappa shape index (κ1) is 20.6. The highest BCUT2D eigenvalue weighted by molar-refractivity contribution is 5.99. The number of ether oxygens (including phenoxy) is 5. The molecule has 0 spiro atoms. The first-order valence-electron chi connectivity index (χ1n) is 8.09. The molecule has 2 rings (SSSR count). The lowest BCUT2D eigenvalue weighted by Gasteiger charge is -2.29. The predicted molar refractivity (Wildman–Crippen MR) is 95.9 cm³/mol. The van der Waals surface area contributed by atoms with E-state index in [1.807, 2.05) is 6.07 Å². The Hall–Kier alpha value is -3.67. The van der Waals surface area contributed by atoms with E-state index in [0.717, 1.165) is 0 Å². The monoisotopic (exact) mass is 388 g/mol. The van der Waals surface area contributed by atoms with E-state index in [0.29, 0.717) is 17.1 Å². The van der Waals surface area contributed by atoms with Gasteiger partial charge in [0.2, 0.25) is 5.88 Å². The number of benzene rings is 1. The van der Waals surface area contributed by atoms with Gasteiger partial charge < -0.3 is 29.4 Å². The zero-order chi connectivity index (χ0) is 20.8. The molecule has 1 aromatic carbocycles. The number of hydrogen-bond donors (Lipinski definition) is 1. The van der Waals surface area contributed by atoms with Crippen molar-refractivity contribution < 1.29 is 33.3 Å². The number of rotatable bonds is 6. The molecule has 1 aliphatic heterocycles. The second kappa shape index (κ2) is 8.81. The smallest absolute Gasteiger partial charge is 0.340 e. The highest BCUT2D eigenvalue weighted by Gasteiger charge is 2.41. The van der Waals surface area contributed by atoms with E-state index < -0.39 is 17.9 Å². The Kier molecular flexibility index (Phi) is 6.50. The number of nitrogens with zero attached hydrogens (tertiary/aromatic N) is 1. The van der Waals surface area contributed by atoms with Crippen molar-refractivity contribution >= 4 is 11.9 Å². The molecule has 1 aromatic rings. The Morgan fingerprint density at radius 1 is 1.07 bits per heavy atom. The van der Waals surface area contributed by atoms with Gasteiger partial charge in [0.15, 0.2) is 11.5 Å². The van der Waals surface area contributed by atoms with Gasteiger partial charge in [-0.25, -0.2) is 9.59 Å². The number of carbonyl (C=O) groups is 2. The van der Waals surface area contributed by atoms with Gasteiger partial charge in [0.05, 0.1) is 52.4 Å². The van der Waals surface area contributed by atoms with E-state index in [-0.39, 0.29) is 29.2 Å². The van der Waals surface area contributed by atoms with Crippen LogP contribution in [0.3, 0.4) is 0 Å². The lowest BCUT2D eigenvalue weighted by atomic mass is 9.82. The van der Waals surface area contributed by atoms with Crippen LogP contribution in [0, 0.1) is 11.3 Å². The molecule has 148 valence electrons. The van der Waals surface area contributed by atoms with Crippen LogP contribution in [0.2, 0.25) is 0 Å². The minimum atomic E-state index is -0.989. The van der Waals surface area contributed by atoms with Gasteiger partial charge >= 0.3 is 11.9 Å². The third-order valence-electron chi connectivity index (χ3n) is 4.17. The first-order valence-corrected chi connectivity index (χ1v) is 8.09. The molecule has 9 nitrogen and oxygen atoms in total. The van der Waals surface area contributed by atoms with Gasteiger partial charge in [-0.2, -0.15) is 5.26 Å². The maximum absolute atomic E-state index is 12.5. The topological polar surface area (TPSA) is 130 Å². The standard InChI is InChI=1S/C19H20N2O7/c1-24-11-6-5-10(9-13(11)25-2)14-15(18(22)26-3)12(7-8-20)28-17(21)16(14)19(23)27-4/h5-6,9,14H,7,21H2,1-4H3/t14-/m0/s1. The predicted octanol–water partition coefficient (Wildman–Crippen LogP) is 1.50. The van der Waals surface area contributed by atoms with Crippen molar-refractivity contribution in [3.05, 3.63) is 46.6 Å². The molecule has 0 aliphatic carbocycles. The average molecular weight is 388 g/mol. The fourth-order valence-electron chi connectivity index (χ4n) is 2.93. The third kappa shape index (κ3) is 3.71. The van der Waals surface area contributed by atoms with E-state index in [1.165, 1.54) is 28.4 Å². The minimum Gasteiger partial charge on any atom is -0.493 e. The summed E-state index contributed by atoms with van der Waals surface area (Å²) >= 11 is 0. The average Bonchev–Trinajstić information content (AvgIpc) is 2.71. The summed E-state index contributed by atoms with van der Waals surface area (Å²) in [5.41, 5.74) is 6.30. The molecule has 0 radical (unpaired) electrons. The van der Waals surface area contributed by atoms with Gasteiger partial charge in [-0.15, -0.1) is 0 Å². The number of allylic oxidation sites excluding steroid dienone is 1. The Labute approximate surface area is 161 Å². The molecule has 0 fully saturated rings. The number of hydrogen-bond acceptors (Lipinski definition) is 9. The molecule has 0 unspecified atom stereocenters. The number of nitrogens with two attached hydrogens (primary N) is 1. The molecule has 1 atom stereocenters. The van der Waals surface area contributed by atoms with Crippen molar-refractivity contribution in [2.75, 3.05) is 28.4 Å². The summed E-state index contributed by atoms with van der Waals surface area (Å²) in [4.78, 5) is 25.0. The van der Waals surface area contributed by atoms with Crippen LogP contribution in [0.4, 0.5) is 0 Å². The van der Waals surface area contributed by atoms with Gasteiger partial charge in [0.25, 0.3) is 0 Å². The van der Waals surface area contributed by atoms with Crippen LogP contribution in [0.1, 0.15) is 17.9 Å². The van der Waals surface area contributed by atoms with Crippen molar-refractivity contribution in [3.8, 4) is 17.6 Å². The molecule has 1 heterocycles. The van der Waals surface area contributed by atoms with Crippen molar-refractivity contribution in [1.29, 1.82) is 5.26 Å². The maximum atomic E-state index is 12.5. The summed E-state index contributed by atoms with van der Waals surface area (Å²) in [6, 6.07) is 6.76. The SMILES string of the molecule is COC(=O)C1=C(N)OC(CC#N)=C(C(=O)OC)[C@@H]1c1ccc(OC)c(OC)c1. The molecule has 2 N–H and O–H groups in total. The Morgan fingerprint density at radius 3 is 2.21 bits per heavy atom. The van der Waals surface area contributed by atoms with Gasteiger partial charge in [0, 0.05) is 0 Å². The largest absolute Gasteiger partial charge is 0.493 e. The van der Waals surface area contributed by atoms with Crippen molar-refractivity contribution in [1.82, 2.24) is 0 Å². The van der Waals surface area contributed by atoms with E-state index in [1.54, 1.807) is 18.2 Å². The van der Waals surface area contributed by atoms with E-state index in [2.05, 4.69) is 0 Å². The van der Waals surface area contributed by atoms with Crippen LogP contribution < -0.4 is 15.2 Å². The van der Waals surface area contributed by atoms with E-state index in [4.69, 9.17) is 34.7 Å². The number of esters is 2. The molecular weight excluding hydrogens is 368 g/mol. The number of methoxy groups -OCH3 is 4. The molecule has 0 amide bonds. The molecule has 1 aliphatic rings. The van der Waals surface area contributed by atoms with Crippen LogP contribution >= 0.6 is 0 Å². The summed E-state index contributed by atoms with van der Waals surface area (Å²) in [5.74, 6) is -1.97. The van der Waals surface area contributed by atoms with Crippen LogP contribution in [0.5, 0.6) is 11.5 Å². The minimum absolute atomic E-state index is 0.000659. The molecule has 9 heteroatoms. The van der Waals surface area contributed by atoms with Crippen molar-refractivity contribution in [2.24, 2.45) is 5.73 Å². The Balaban J connectivity index is 2.79.